The molecule has 0 spiro atoms. The number of methoxy groups -OCH3 is 2. The molecule has 1 unspecified atom stereocenters. The van der Waals surface area contributed by atoms with E-state index in [1.807, 2.05) is 6.92 Å². The van der Waals surface area contributed by atoms with Gasteiger partial charge >= 0.3 is 0 Å². The average Bonchev–Trinajstić information content (AvgIpc) is 2.64. The van der Waals surface area contributed by atoms with Gasteiger partial charge in [0.2, 0.25) is 0 Å². The number of ketones is 1. The van der Waals surface area contributed by atoms with E-state index in [2.05, 4.69) is 58.6 Å². The van der Waals surface area contributed by atoms with Gasteiger partial charge in [0.1, 0.15) is 6.10 Å². The maximum absolute atomic E-state index is 12.6. The van der Waals surface area contributed by atoms with Crippen LogP contribution >= 0.6 is 0 Å². The number of carbonyl (C=O) groups excluding carboxylic acids is 1. The maximum Gasteiger partial charge on any atom is 0.167 e. The van der Waals surface area contributed by atoms with Gasteiger partial charge in [-0.05, 0) is 76.9 Å². The first-order valence-corrected chi connectivity index (χ1v) is 10.5. The van der Waals surface area contributed by atoms with Crippen molar-refractivity contribution in [2.24, 2.45) is 17.8 Å². The fourth-order valence-electron chi connectivity index (χ4n) is 3.98. The van der Waals surface area contributed by atoms with Gasteiger partial charge < -0.3 is 9.47 Å². The number of rotatable bonds is 9. The smallest absolute Gasteiger partial charge is 0.167 e. The van der Waals surface area contributed by atoms with Crippen LogP contribution < -0.4 is 0 Å². The van der Waals surface area contributed by atoms with E-state index in [4.69, 9.17) is 9.47 Å². The molecule has 1 saturated carbocycles. The molecule has 28 heavy (non-hydrogen) atoms. The molecule has 158 valence electrons. The highest BCUT2D eigenvalue weighted by atomic mass is 16.5. The summed E-state index contributed by atoms with van der Waals surface area (Å²) < 4.78 is 11.0. The van der Waals surface area contributed by atoms with Crippen molar-refractivity contribution in [3.63, 3.8) is 0 Å². The first-order valence-electron chi connectivity index (χ1n) is 10.5. The Morgan fingerprint density at radius 1 is 1.00 bits per heavy atom. The third-order valence-corrected chi connectivity index (χ3v) is 5.88. The Kier molecular flexibility index (Phi) is 10.7. The van der Waals surface area contributed by atoms with Gasteiger partial charge in [-0.25, -0.2) is 0 Å². The normalized spacial score (nSPS) is 27.9. The van der Waals surface area contributed by atoms with E-state index >= 15 is 0 Å². The number of carbonyl (C=O) groups is 1. The highest BCUT2D eigenvalue weighted by molar-refractivity contribution is 5.87. The molecule has 0 aromatic carbocycles. The van der Waals surface area contributed by atoms with Crippen molar-refractivity contribution < 1.29 is 14.3 Å². The molecule has 0 heterocycles. The van der Waals surface area contributed by atoms with E-state index < -0.39 is 6.10 Å². The Morgan fingerprint density at radius 2 is 1.64 bits per heavy atom. The van der Waals surface area contributed by atoms with Crippen molar-refractivity contribution in [2.45, 2.75) is 79.4 Å². The minimum atomic E-state index is -0.468. The molecule has 0 saturated heterocycles. The van der Waals surface area contributed by atoms with E-state index in [-0.39, 0.29) is 29.6 Å². The predicted octanol–water partition coefficient (Wildman–Crippen LogP) is 6.06. The largest absolute Gasteiger partial charge is 0.378 e. The Morgan fingerprint density at radius 3 is 2.21 bits per heavy atom. The summed E-state index contributed by atoms with van der Waals surface area (Å²) in [7, 11) is 3.24. The van der Waals surface area contributed by atoms with Gasteiger partial charge in [0.15, 0.2) is 5.78 Å². The number of hydrogen-bond donors (Lipinski definition) is 0. The van der Waals surface area contributed by atoms with Crippen LogP contribution in [0.25, 0.3) is 0 Å². The zero-order valence-corrected chi connectivity index (χ0v) is 19.2. The lowest BCUT2D eigenvalue weighted by molar-refractivity contribution is -0.156. The second-order valence-corrected chi connectivity index (χ2v) is 8.48. The van der Waals surface area contributed by atoms with Gasteiger partial charge in [-0.15, -0.1) is 5.73 Å². The summed E-state index contributed by atoms with van der Waals surface area (Å²) in [5.41, 5.74) is 7.50. The summed E-state index contributed by atoms with van der Waals surface area (Å²) in [4.78, 5) is 12.6. The summed E-state index contributed by atoms with van der Waals surface area (Å²) >= 11 is 0. The number of ether oxygens (including phenoxy) is 2. The van der Waals surface area contributed by atoms with Gasteiger partial charge in [-0.2, -0.15) is 0 Å². The molecular formula is C25H40O3. The summed E-state index contributed by atoms with van der Waals surface area (Å²) in [6.45, 7) is 12.8. The molecule has 0 radical (unpaired) electrons. The van der Waals surface area contributed by atoms with Crippen molar-refractivity contribution in [1.82, 2.24) is 0 Å². The third kappa shape index (κ3) is 7.20. The van der Waals surface area contributed by atoms with E-state index in [9.17, 15) is 4.79 Å². The Bertz CT molecular complexity index is 630. The first kappa shape index (κ1) is 24.6. The molecule has 0 amide bonds. The van der Waals surface area contributed by atoms with Crippen molar-refractivity contribution in [3.05, 3.63) is 40.7 Å². The number of hydrogen-bond acceptors (Lipinski definition) is 3. The van der Waals surface area contributed by atoms with Crippen LogP contribution in [0.3, 0.4) is 0 Å². The molecule has 0 aromatic rings. The van der Waals surface area contributed by atoms with Crippen LogP contribution in [-0.2, 0) is 14.3 Å². The monoisotopic (exact) mass is 388 g/mol. The van der Waals surface area contributed by atoms with Gasteiger partial charge in [-0.3, -0.25) is 4.79 Å². The predicted molar refractivity (Wildman–Crippen MR) is 117 cm³/mol. The number of allylic oxidation sites excluding steroid dienone is 5. The summed E-state index contributed by atoms with van der Waals surface area (Å²) in [6.07, 6.45) is 10.3. The molecule has 0 N–H and O–H groups in total. The molecule has 1 aliphatic carbocycles. The van der Waals surface area contributed by atoms with Gasteiger partial charge in [0.25, 0.3) is 0 Å². The lowest BCUT2D eigenvalue weighted by Gasteiger charge is -2.41. The molecule has 3 heteroatoms. The molecule has 0 bridgehead atoms. The van der Waals surface area contributed by atoms with E-state index in [1.165, 1.54) is 16.7 Å². The van der Waals surface area contributed by atoms with Gasteiger partial charge in [0, 0.05) is 20.1 Å². The van der Waals surface area contributed by atoms with Crippen LogP contribution in [0.15, 0.2) is 40.7 Å². The van der Waals surface area contributed by atoms with Crippen LogP contribution in [0.5, 0.6) is 0 Å². The van der Waals surface area contributed by atoms with Crippen molar-refractivity contribution in [3.8, 4) is 0 Å². The van der Waals surface area contributed by atoms with Crippen molar-refractivity contribution in [2.75, 3.05) is 14.2 Å². The van der Waals surface area contributed by atoms with Crippen LogP contribution in [0.4, 0.5) is 0 Å². The van der Waals surface area contributed by atoms with E-state index in [1.54, 1.807) is 14.2 Å². The van der Waals surface area contributed by atoms with Crippen molar-refractivity contribution in [1.29, 1.82) is 0 Å². The second-order valence-electron chi connectivity index (χ2n) is 8.48. The fraction of sp³-hybridized carbons (Fsp3) is 0.680. The summed E-state index contributed by atoms with van der Waals surface area (Å²) in [5, 5.41) is 0. The highest BCUT2D eigenvalue weighted by Gasteiger charge is 2.46. The molecule has 3 nitrogen and oxygen atoms in total. The zero-order valence-electron chi connectivity index (χ0n) is 19.2. The van der Waals surface area contributed by atoms with E-state index in [0.29, 0.717) is 0 Å². The Labute approximate surface area is 172 Å². The second kappa shape index (κ2) is 12.2. The molecule has 0 aromatic heterocycles. The van der Waals surface area contributed by atoms with E-state index in [0.717, 1.165) is 25.7 Å². The minimum absolute atomic E-state index is 0.0798. The van der Waals surface area contributed by atoms with Crippen LogP contribution in [0, 0.1) is 17.8 Å². The standard InChI is InChI=1S/C25H40O3/c1-17(2)11-9-12-18(3)13-10-14-19(4)15-16-22-20(5)23(26)25(28-8)24(27-7)21(22)6/h11,13,16,20-22,24-25H,9-10,12,14H2,1-8H3/b18-13+/t15?,20-,21?,22-,24+,25-/m1/s1. The molecule has 1 rings (SSSR count). The van der Waals surface area contributed by atoms with Crippen LogP contribution in [0.1, 0.15) is 67.2 Å². The molecule has 1 aliphatic rings. The maximum atomic E-state index is 12.6. The molecule has 5 atom stereocenters. The van der Waals surface area contributed by atoms with Gasteiger partial charge in [0.05, 0.1) is 6.10 Å². The minimum Gasteiger partial charge on any atom is -0.378 e. The fourth-order valence-corrected chi connectivity index (χ4v) is 3.98. The Balaban J connectivity index is 2.72. The third-order valence-electron chi connectivity index (χ3n) is 5.88. The molecule has 0 aliphatic heterocycles. The zero-order chi connectivity index (χ0) is 21.3. The lowest BCUT2D eigenvalue weighted by atomic mass is 9.70. The summed E-state index contributed by atoms with van der Waals surface area (Å²) in [6, 6.07) is 0. The van der Waals surface area contributed by atoms with Gasteiger partial charge in [-0.1, -0.05) is 37.1 Å². The average molecular weight is 389 g/mol. The lowest BCUT2D eigenvalue weighted by Crippen LogP contribution is -2.52. The SMILES string of the molecule is CO[C@@H]1C(=O)[C@H](C)[C@@H](C=C=C(C)CC/C=C(\C)CCC=C(C)C)C(C)[C@@H]1OC. The molecule has 1 fully saturated rings. The quantitative estimate of drug-likeness (QED) is 0.356. The summed E-state index contributed by atoms with van der Waals surface area (Å²) in [5.74, 6) is 0.382. The topological polar surface area (TPSA) is 35.5 Å². The Hall–Kier alpha value is -1.41. The highest BCUT2D eigenvalue weighted by Crippen LogP contribution is 2.36. The molecular weight excluding hydrogens is 348 g/mol. The number of Topliss-reactive ketones (excluding diaryl/α,β-unsaturated/α-hetero) is 1. The van der Waals surface area contributed by atoms with Crippen LogP contribution in [0.2, 0.25) is 0 Å². The van der Waals surface area contributed by atoms with Crippen LogP contribution in [-0.4, -0.2) is 32.2 Å². The first-order chi connectivity index (χ1) is 13.2. The van der Waals surface area contributed by atoms with Crippen molar-refractivity contribution >= 4 is 5.78 Å².